The summed E-state index contributed by atoms with van der Waals surface area (Å²) in [5, 5.41) is 12.6. The standard InChI is InChI=1S/C16H13ClFNO3/c1-22-15-5-10-9(8-2-3-12(18)11(17)4-8)6-16(21)19-13(10)7-14(15)20/h2-5,7,9,20H,6H2,1H3,(H,19,21). The quantitative estimate of drug-likeness (QED) is 0.887. The molecular formula is C16H13ClFNO3. The number of methoxy groups -OCH3 is 1. The second-order valence-electron chi connectivity index (χ2n) is 5.09. The van der Waals surface area contributed by atoms with Crippen molar-refractivity contribution in [1.82, 2.24) is 0 Å². The van der Waals surface area contributed by atoms with Crippen molar-refractivity contribution in [3.8, 4) is 11.5 Å². The van der Waals surface area contributed by atoms with E-state index in [1.807, 2.05) is 0 Å². The third-order valence-electron chi connectivity index (χ3n) is 3.74. The fourth-order valence-electron chi connectivity index (χ4n) is 2.67. The Morgan fingerprint density at radius 3 is 2.82 bits per heavy atom. The molecule has 1 aliphatic rings. The molecule has 4 nitrogen and oxygen atoms in total. The number of carbonyl (C=O) groups is 1. The van der Waals surface area contributed by atoms with E-state index < -0.39 is 5.82 Å². The van der Waals surface area contributed by atoms with E-state index in [1.165, 1.54) is 25.3 Å². The van der Waals surface area contributed by atoms with E-state index in [1.54, 1.807) is 12.1 Å². The molecule has 0 saturated heterocycles. The van der Waals surface area contributed by atoms with E-state index in [0.717, 1.165) is 11.1 Å². The van der Waals surface area contributed by atoms with E-state index in [4.69, 9.17) is 16.3 Å². The number of halogens is 2. The lowest BCUT2D eigenvalue weighted by Gasteiger charge is -2.27. The van der Waals surface area contributed by atoms with Crippen LogP contribution in [0.25, 0.3) is 0 Å². The number of nitrogens with one attached hydrogen (secondary N) is 1. The van der Waals surface area contributed by atoms with Crippen LogP contribution in [0.4, 0.5) is 10.1 Å². The molecule has 0 saturated carbocycles. The number of amides is 1. The molecule has 2 N–H and O–H groups in total. The minimum Gasteiger partial charge on any atom is -0.504 e. The highest BCUT2D eigenvalue weighted by atomic mass is 35.5. The normalized spacial score (nSPS) is 16.9. The zero-order chi connectivity index (χ0) is 15.9. The van der Waals surface area contributed by atoms with Gasteiger partial charge in [0.05, 0.1) is 12.1 Å². The van der Waals surface area contributed by atoms with Crippen LogP contribution in [0.2, 0.25) is 5.02 Å². The topological polar surface area (TPSA) is 58.6 Å². The molecule has 1 aliphatic heterocycles. The maximum Gasteiger partial charge on any atom is 0.225 e. The minimum atomic E-state index is -0.505. The molecule has 0 spiro atoms. The van der Waals surface area contributed by atoms with Gasteiger partial charge in [-0.05, 0) is 29.3 Å². The first kappa shape index (κ1) is 14.7. The number of fused-ring (bicyclic) bond motifs is 1. The summed E-state index contributed by atoms with van der Waals surface area (Å²) in [5.74, 6) is -0.708. The molecule has 6 heteroatoms. The molecule has 0 fully saturated rings. The van der Waals surface area contributed by atoms with Crippen molar-refractivity contribution in [1.29, 1.82) is 0 Å². The molecule has 22 heavy (non-hydrogen) atoms. The van der Waals surface area contributed by atoms with E-state index >= 15 is 0 Å². The van der Waals surface area contributed by atoms with E-state index in [2.05, 4.69) is 5.32 Å². The maximum absolute atomic E-state index is 13.3. The van der Waals surface area contributed by atoms with Gasteiger partial charge in [-0.15, -0.1) is 0 Å². The van der Waals surface area contributed by atoms with Crippen LogP contribution in [0, 0.1) is 5.82 Å². The molecule has 1 atom stereocenters. The zero-order valence-corrected chi connectivity index (χ0v) is 12.4. The average Bonchev–Trinajstić information content (AvgIpc) is 2.48. The Morgan fingerprint density at radius 2 is 2.14 bits per heavy atom. The third kappa shape index (κ3) is 2.48. The van der Waals surface area contributed by atoms with Gasteiger partial charge in [0, 0.05) is 24.1 Å². The Kier molecular flexibility index (Phi) is 3.66. The number of benzene rings is 2. The van der Waals surface area contributed by atoms with Crippen LogP contribution in [-0.2, 0) is 4.79 Å². The predicted octanol–water partition coefficient (Wildman–Crippen LogP) is 3.67. The average molecular weight is 322 g/mol. The fraction of sp³-hybridized carbons (Fsp3) is 0.188. The SMILES string of the molecule is COc1cc2c(cc1O)NC(=O)CC2c1ccc(F)c(Cl)c1. The number of hydrogen-bond acceptors (Lipinski definition) is 3. The lowest BCUT2D eigenvalue weighted by Crippen LogP contribution is -2.23. The summed E-state index contributed by atoms with van der Waals surface area (Å²) in [7, 11) is 1.45. The van der Waals surface area contributed by atoms with Crippen LogP contribution < -0.4 is 10.1 Å². The van der Waals surface area contributed by atoms with Gasteiger partial charge in [0.15, 0.2) is 11.5 Å². The second kappa shape index (κ2) is 5.50. The highest BCUT2D eigenvalue weighted by Crippen LogP contribution is 2.43. The summed E-state index contributed by atoms with van der Waals surface area (Å²) >= 11 is 5.84. The van der Waals surface area contributed by atoms with Crippen LogP contribution in [0.3, 0.4) is 0 Å². The highest BCUT2D eigenvalue weighted by molar-refractivity contribution is 6.30. The number of aromatic hydroxyl groups is 1. The van der Waals surface area contributed by atoms with Gasteiger partial charge >= 0.3 is 0 Å². The second-order valence-corrected chi connectivity index (χ2v) is 5.50. The summed E-state index contributed by atoms with van der Waals surface area (Å²) in [5.41, 5.74) is 2.03. The van der Waals surface area contributed by atoms with Gasteiger partial charge in [-0.2, -0.15) is 0 Å². The molecule has 0 aliphatic carbocycles. The summed E-state index contributed by atoms with van der Waals surface area (Å²) in [4.78, 5) is 11.9. The first-order valence-electron chi connectivity index (χ1n) is 6.65. The van der Waals surface area contributed by atoms with Crippen LogP contribution >= 0.6 is 11.6 Å². The van der Waals surface area contributed by atoms with E-state index in [9.17, 15) is 14.3 Å². The van der Waals surface area contributed by atoms with E-state index in [-0.39, 0.29) is 29.0 Å². The molecule has 3 rings (SSSR count). The molecule has 0 radical (unpaired) electrons. The molecule has 1 unspecified atom stereocenters. The van der Waals surface area contributed by atoms with Gasteiger partial charge in [-0.1, -0.05) is 17.7 Å². The van der Waals surface area contributed by atoms with Crippen molar-refractivity contribution in [3.63, 3.8) is 0 Å². The molecule has 2 aromatic carbocycles. The van der Waals surface area contributed by atoms with Crippen LogP contribution in [0.15, 0.2) is 30.3 Å². The highest BCUT2D eigenvalue weighted by Gasteiger charge is 2.28. The number of rotatable bonds is 2. The van der Waals surface area contributed by atoms with Gasteiger partial charge < -0.3 is 15.2 Å². The molecule has 1 amide bonds. The van der Waals surface area contributed by atoms with Crippen LogP contribution in [0.5, 0.6) is 11.5 Å². The Balaban J connectivity index is 2.14. The van der Waals surface area contributed by atoms with Gasteiger partial charge in [0.1, 0.15) is 5.82 Å². The van der Waals surface area contributed by atoms with Crippen molar-refractivity contribution in [2.45, 2.75) is 12.3 Å². The van der Waals surface area contributed by atoms with Gasteiger partial charge in [0.25, 0.3) is 0 Å². The van der Waals surface area contributed by atoms with Crippen molar-refractivity contribution >= 4 is 23.2 Å². The number of anilines is 1. The first-order valence-corrected chi connectivity index (χ1v) is 7.03. The summed E-state index contributed by atoms with van der Waals surface area (Å²) in [6.07, 6.45) is 0.211. The zero-order valence-electron chi connectivity index (χ0n) is 11.7. The molecule has 0 bridgehead atoms. The van der Waals surface area contributed by atoms with E-state index in [0.29, 0.717) is 11.4 Å². The summed E-state index contributed by atoms with van der Waals surface area (Å²) in [6, 6.07) is 7.52. The van der Waals surface area contributed by atoms with Gasteiger partial charge in [0.2, 0.25) is 5.91 Å². The van der Waals surface area contributed by atoms with Gasteiger partial charge in [-0.3, -0.25) is 4.79 Å². The minimum absolute atomic E-state index is 0.00998. The summed E-state index contributed by atoms with van der Waals surface area (Å²) < 4.78 is 18.5. The number of ether oxygens (including phenoxy) is 1. The van der Waals surface area contributed by atoms with Crippen molar-refractivity contribution in [3.05, 3.63) is 52.3 Å². The Bertz CT molecular complexity index is 763. The third-order valence-corrected chi connectivity index (χ3v) is 4.03. The van der Waals surface area contributed by atoms with Gasteiger partial charge in [-0.25, -0.2) is 4.39 Å². The number of hydrogen-bond donors (Lipinski definition) is 2. The van der Waals surface area contributed by atoms with Crippen molar-refractivity contribution in [2.24, 2.45) is 0 Å². The Hall–Kier alpha value is -2.27. The summed E-state index contributed by atoms with van der Waals surface area (Å²) in [6.45, 7) is 0. The molecule has 2 aromatic rings. The molecule has 1 heterocycles. The smallest absolute Gasteiger partial charge is 0.225 e. The molecule has 114 valence electrons. The number of phenols is 1. The lowest BCUT2D eigenvalue weighted by molar-refractivity contribution is -0.116. The van der Waals surface area contributed by atoms with Crippen LogP contribution in [-0.4, -0.2) is 18.1 Å². The Labute approximate surface area is 131 Å². The van der Waals surface area contributed by atoms with Crippen LogP contribution in [0.1, 0.15) is 23.5 Å². The van der Waals surface area contributed by atoms with Crippen molar-refractivity contribution in [2.75, 3.05) is 12.4 Å². The largest absolute Gasteiger partial charge is 0.504 e. The lowest BCUT2D eigenvalue weighted by atomic mass is 9.84. The number of phenolic OH excluding ortho intramolecular Hbond substituents is 1. The Morgan fingerprint density at radius 1 is 1.36 bits per heavy atom. The predicted molar refractivity (Wildman–Crippen MR) is 81.2 cm³/mol. The number of carbonyl (C=O) groups excluding carboxylic acids is 1. The first-order chi connectivity index (χ1) is 10.5. The molecular weight excluding hydrogens is 309 g/mol. The fourth-order valence-corrected chi connectivity index (χ4v) is 2.86. The molecule has 0 aromatic heterocycles. The van der Waals surface area contributed by atoms with Crippen molar-refractivity contribution < 1.29 is 19.0 Å². The maximum atomic E-state index is 13.3. The monoisotopic (exact) mass is 321 g/mol.